The molecular weight excluding hydrogens is 200 g/mol. The molecule has 0 amide bonds. The van der Waals surface area contributed by atoms with Crippen LogP contribution in [0.1, 0.15) is 17.5 Å². The van der Waals surface area contributed by atoms with Crippen LogP contribution in [0.25, 0.3) is 6.08 Å². The maximum absolute atomic E-state index is 5.88. The summed E-state index contributed by atoms with van der Waals surface area (Å²) in [7, 11) is 0. The lowest BCUT2D eigenvalue weighted by Crippen LogP contribution is -1.79. The lowest BCUT2D eigenvalue weighted by Gasteiger charge is -1.99. The van der Waals surface area contributed by atoms with Crippen LogP contribution < -0.4 is 0 Å². The van der Waals surface area contributed by atoms with Crippen molar-refractivity contribution in [1.29, 1.82) is 0 Å². The molecule has 1 aromatic rings. The van der Waals surface area contributed by atoms with Gasteiger partial charge in [0, 0.05) is 5.02 Å². The number of aryl methyl sites for hydroxylation is 1. The quantitative estimate of drug-likeness (QED) is 0.720. The molecule has 13 heavy (non-hydrogen) atoms. The highest BCUT2D eigenvalue weighted by molar-refractivity contribution is 7.80. The third-order valence-corrected chi connectivity index (χ3v) is 2.33. The van der Waals surface area contributed by atoms with Crippen LogP contribution in [0.2, 0.25) is 5.02 Å². The maximum atomic E-state index is 5.88. The Morgan fingerprint density at radius 2 is 2.23 bits per heavy atom. The second kappa shape index (κ2) is 5.36. The molecule has 0 aromatic heterocycles. The van der Waals surface area contributed by atoms with E-state index in [1.54, 1.807) is 0 Å². The minimum atomic E-state index is 0.788. The summed E-state index contributed by atoms with van der Waals surface area (Å²) in [6.45, 7) is 2.08. The first-order valence-corrected chi connectivity index (χ1v) is 5.28. The molecule has 0 radical (unpaired) electrons. The van der Waals surface area contributed by atoms with E-state index in [1.165, 1.54) is 11.1 Å². The second-order valence-corrected chi connectivity index (χ2v) is 3.80. The Bertz CT molecular complexity index is 305. The van der Waals surface area contributed by atoms with Gasteiger partial charge in [0.05, 0.1) is 0 Å². The van der Waals surface area contributed by atoms with E-state index in [4.69, 9.17) is 11.6 Å². The first-order valence-electron chi connectivity index (χ1n) is 4.27. The normalized spacial score (nSPS) is 11.0. The number of allylic oxidation sites excluding steroid dienone is 1. The highest BCUT2D eigenvalue weighted by Crippen LogP contribution is 2.16. The fourth-order valence-corrected chi connectivity index (χ4v) is 1.41. The van der Waals surface area contributed by atoms with Crippen LogP contribution in [0, 0.1) is 6.92 Å². The van der Waals surface area contributed by atoms with Crippen molar-refractivity contribution < 1.29 is 0 Å². The third kappa shape index (κ3) is 3.45. The molecule has 0 fully saturated rings. The molecule has 2 heteroatoms. The molecule has 0 N–H and O–H groups in total. The molecule has 1 rings (SSSR count). The molecule has 70 valence electrons. The first kappa shape index (κ1) is 10.7. The summed E-state index contributed by atoms with van der Waals surface area (Å²) in [4.78, 5) is 0. The van der Waals surface area contributed by atoms with Crippen LogP contribution in [0.4, 0.5) is 0 Å². The van der Waals surface area contributed by atoms with Crippen molar-refractivity contribution in [3.8, 4) is 0 Å². The number of halogens is 1. The van der Waals surface area contributed by atoms with Gasteiger partial charge < -0.3 is 0 Å². The van der Waals surface area contributed by atoms with Crippen molar-refractivity contribution in [3.63, 3.8) is 0 Å². The molecule has 0 bridgehead atoms. The molecule has 0 saturated heterocycles. The zero-order valence-corrected chi connectivity index (χ0v) is 9.28. The van der Waals surface area contributed by atoms with Crippen molar-refractivity contribution >= 4 is 30.3 Å². The van der Waals surface area contributed by atoms with Gasteiger partial charge >= 0.3 is 0 Å². The van der Waals surface area contributed by atoms with E-state index in [0.29, 0.717) is 0 Å². The van der Waals surface area contributed by atoms with Gasteiger partial charge in [0.25, 0.3) is 0 Å². The number of benzene rings is 1. The summed E-state index contributed by atoms with van der Waals surface area (Å²) < 4.78 is 0. The molecule has 0 saturated carbocycles. The van der Waals surface area contributed by atoms with Crippen LogP contribution in [-0.4, -0.2) is 5.75 Å². The Morgan fingerprint density at radius 3 is 2.92 bits per heavy atom. The summed E-state index contributed by atoms with van der Waals surface area (Å²) in [6.07, 6.45) is 5.21. The summed E-state index contributed by atoms with van der Waals surface area (Å²) >= 11 is 10.0. The number of thiol groups is 1. The lowest BCUT2D eigenvalue weighted by atomic mass is 10.1. The predicted molar refractivity (Wildman–Crippen MR) is 63.7 cm³/mol. The SMILES string of the molecule is Cc1ccc(Cl)cc1C=CCCS. The molecule has 0 atom stereocenters. The van der Waals surface area contributed by atoms with Crippen molar-refractivity contribution in [3.05, 3.63) is 40.4 Å². The van der Waals surface area contributed by atoms with Gasteiger partial charge in [-0.2, -0.15) is 12.6 Å². The molecule has 0 unspecified atom stereocenters. The Hall–Kier alpha value is -0.400. The molecule has 1 aromatic carbocycles. The molecular formula is C11H13ClS. The smallest absolute Gasteiger partial charge is 0.0412 e. The molecule has 0 nitrogen and oxygen atoms in total. The Morgan fingerprint density at radius 1 is 1.46 bits per heavy atom. The average molecular weight is 213 g/mol. The van der Waals surface area contributed by atoms with Crippen LogP contribution in [0.15, 0.2) is 24.3 Å². The van der Waals surface area contributed by atoms with Gasteiger partial charge in [0.15, 0.2) is 0 Å². The van der Waals surface area contributed by atoms with Gasteiger partial charge in [0.2, 0.25) is 0 Å². The van der Waals surface area contributed by atoms with Gasteiger partial charge in [0.1, 0.15) is 0 Å². The summed E-state index contributed by atoms with van der Waals surface area (Å²) in [6, 6.07) is 5.92. The molecule has 0 aliphatic carbocycles. The standard InChI is InChI=1S/C11H13ClS/c1-9-5-6-11(12)8-10(9)4-2-3-7-13/h2,4-6,8,13H,3,7H2,1H3. The van der Waals surface area contributed by atoms with Gasteiger partial charge in [-0.1, -0.05) is 29.8 Å². The van der Waals surface area contributed by atoms with Crippen molar-refractivity contribution in [2.24, 2.45) is 0 Å². The number of hydrogen-bond donors (Lipinski definition) is 1. The average Bonchev–Trinajstić information content (AvgIpc) is 2.11. The first-order chi connectivity index (χ1) is 6.24. The van der Waals surface area contributed by atoms with Gasteiger partial charge in [-0.05, 0) is 42.4 Å². The molecule has 0 spiro atoms. The zero-order chi connectivity index (χ0) is 9.68. The predicted octanol–water partition coefficient (Wildman–Crippen LogP) is 3.98. The van der Waals surface area contributed by atoms with E-state index in [9.17, 15) is 0 Å². The lowest BCUT2D eigenvalue weighted by molar-refractivity contribution is 1.26. The molecule has 0 aliphatic heterocycles. The minimum absolute atomic E-state index is 0.788. The fraction of sp³-hybridized carbons (Fsp3) is 0.273. The van der Waals surface area contributed by atoms with E-state index < -0.39 is 0 Å². The van der Waals surface area contributed by atoms with Crippen LogP contribution in [-0.2, 0) is 0 Å². The Labute approximate surface area is 90.0 Å². The number of hydrogen-bond acceptors (Lipinski definition) is 1. The second-order valence-electron chi connectivity index (χ2n) is 2.92. The summed E-state index contributed by atoms with van der Waals surface area (Å²) in [5.74, 6) is 0.885. The largest absolute Gasteiger partial charge is 0.179 e. The van der Waals surface area contributed by atoms with Crippen LogP contribution in [0.3, 0.4) is 0 Å². The van der Waals surface area contributed by atoms with Gasteiger partial charge in [-0.3, -0.25) is 0 Å². The van der Waals surface area contributed by atoms with E-state index >= 15 is 0 Å². The van der Waals surface area contributed by atoms with Crippen molar-refractivity contribution in [1.82, 2.24) is 0 Å². The van der Waals surface area contributed by atoms with Crippen molar-refractivity contribution in [2.45, 2.75) is 13.3 Å². The Balaban J connectivity index is 2.81. The van der Waals surface area contributed by atoms with Gasteiger partial charge in [-0.15, -0.1) is 0 Å². The monoisotopic (exact) mass is 212 g/mol. The van der Waals surface area contributed by atoms with Crippen LogP contribution in [0.5, 0.6) is 0 Å². The maximum Gasteiger partial charge on any atom is 0.0412 e. The van der Waals surface area contributed by atoms with Crippen LogP contribution >= 0.6 is 24.2 Å². The minimum Gasteiger partial charge on any atom is -0.179 e. The van der Waals surface area contributed by atoms with E-state index in [0.717, 1.165) is 17.2 Å². The molecule has 0 aliphatic rings. The Kier molecular flexibility index (Phi) is 4.40. The topological polar surface area (TPSA) is 0 Å². The van der Waals surface area contributed by atoms with Gasteiger partial charge in [-0.25, -0.2) is 0 Å². The van der Waals surface area contributed by atoms with E-state index in [2.05, 4.69) is 31.7 Å². The summed E-state index contributed by atoms with van der Waals surface area (Å²) in [5.41, 5.74) is 2.44. The molecule has 0 heterocycles. The summed E-state index contributed by atoms with van der Waals surface area (Å²) in [5, 5.41) is 0.788. The highest BCUT2D eigenvalue weighted by atomic mass is 35.5. The zero-order valence-electron chi connectivity index (χ0n) is 7.63. The number of rotatable bonds is 3. The van der Waals surface area contributed by atoms with E-state index in [1.807, 2.05) is 18.2 Å². The van der Waals surface area contributed by atoms with E-state index in [-0.39, 0.29) is 0 Å². The van der Waals surface area contributed by atoms with Crippen molar-refractivity contribution in [2.75, 3.05) is 5.75 Å². The highest BCUT2D eigenvalue weighted by Gasteiger charge is 1.94. The fourth-order valence-electron chi connectivity index (χ4n) is 1.08. The third-order valence-electron chi connectivity index (χ3n) is 1.83.